The highest BCUT2D eigenvalue weighted by molar-refractivity contribution is 9.10. The first kappa shape index (κ1) is 21.3. The molecule has 0 radical (unpaired) electrons. The molecule has 5 rings (SSSR count). The Hall–Kier alpha value is -2.55. The Labute approximate surface area is 202 Å². The molecule has 164 valence electrons. The zero-order chi connectivity index (χ0) is 22.2. The summed E-state index contributed by atoms with van der Waals surface area (Å²) in [6.45, 7) is 0.221. The molecule has 2 atom stereocenters. The maximum Gasteiger partial charge on any atom is 0.231 e. The van der Waals surface area contributed by atoms with Gasteiger partial charge in [0, 0.05) is 38.2 Å². The van der Waals surface area contributed by atoms with E-state index in [-0.39, 0.29) is 24.8 Å². The van der Waals surface area contributed by atoms with Crippen molar-refractivity contribution in [2.75, 3.05) is 13.9 Å². The molecule has 0 aliphatic carbocycles. The molecule has 3 aromatic carbocycles. The first-order valence-electron chi connectivity index (χ1n) is 10.1. The third-order valence-electron chi connectivity index (χ3n) is 5.60. The van der Waals surface area contributed by atoms with Crippen LogP contribution in [-0.2, 0) is 0 Å². The number of nitrogens with one attached hydrogen (secondary N) is 1. The zero-order valence-corrected chi connectivity index (χ0v) is 20.3. The van der Waals surface area contributed by atoms with Crippen molar-refractivity contribution in [1.29, 1.82) is 0 Å². The summed E-state index contributed by atoms with van der Waals surface area (Å²) in [6, 6.07) is 17.0. The Morgan fingerprint density at radius 3 is 2.53 bits per heavy atom. The monoisotopic (exact) mass is 558 g/mol. The van der Waals surface area contributed by atoms with E-state index in [0.717, 1.165) is 42.8 Å². The molecule has 2 N–H and O–H groups in total. The van der Waals surface area contributed by atoms with Crippen molar-refractivity contribution < 1.29 is 19.3 Å². The summed E-state index contributed by atoms with van der Waals surface area (Å²) in [5, 5.41) is 14.2. The number of methoxy groups -OCH3 is 1. The number of hydrogen-bond acceptors (Lipinski definition) is 6. The Balaban J connectivity index is 1.61. The number of rotatable bonds is 4. The van der Waals surface area contributed by atoms with E-state index >= 15 is 0 Å². The molecule has 0 aromatic heterocycles. The highest BCUT2D eigenvalue weighted by Gasteiger charge is 2.30. The summed E-state index contributed by atoms with van der Waals surface area (Å²) in [7, 11) is 1.65. The number of phenols is 1. The van der Waals surface area contributed by atoms with Crippen molar-refractivity contribution in [3.05, 3.63) is 80.2 Å². The summed E-state index contributed by atoms with van der Waals surface area (Å²) in [6.07, 6.45) is 0.219. The third kappa shape index (κ3) is 4.10. The molecule has 0 bridgehead atoms. The van der Waals surface area contributed by atoms with Crippen LogP contribution in [0.5, 0.6) is 23.0 Å². The fourth-order valence-corrected chi connectivity index (χ4v) is 4.80. The topological polar surface area (TPSA) is 72.3 Å². The lowest BCUT2D eigenvalue weighted by Crippen LogP contribution is -2.33. The Bertz CT molecular complexity index is 1210. The Morgan fingerprint density at radius 2 is 1.72 bits per heavy atom. The summed E-state index contributed by atoms with van der Waals surface area (Å²) >= 11 is 7.08. The first-order valence-corrected chi connectivity index (χ1v) is 11.6. The van der Waals surface area contributed by atoms with E-state index in [2.05, 4.69) is 37.2 Å². The minimum Gasteiger partial charge on any atom is -0.508 e. The molecule has 32 heavy (non-hydrogen) atoms. The van der Waals surface area contributed by atoms with Gasteiger partial charge in [-0.3, -0.25) is 10.3 Å². The average Bonchev–Trinajstić information content (AvgIpc) is 3.28. The molecule has 2 unspecified atom stereocenters. The highest BCUT2D eigenvalue weighted by atomic mass is 79.9. The number of nitrogens with zero attached hydrogens (tertiary/aromatic N) is 1. The smallest absolute Gasteiger partial charge is 0.231 e. The van der Waals surface area contributed by atoms with Crippen LogP contribution in [0.1, 0.15) is 35.3 Å². The van der Waals surface area contributed by atoms with Gasteiger partial charge < -0.3 is 19.3 Å². The molecule has 2 aliphatic heterocycles. The van der Waals surface area contributed by atoms with Gasteiger partial charge in [-0.25, -0.2) is 0 Å². The fourth-order valence-electron chi connectivity index (χ4n) is 4.04. The van der Waals surface area contributed by atoms with Gasteiger partial charge in [-0.2, -0.15) is 0 Å². The van der Waals surface area contributed by atoms with Gasteiger partial charge in [0.15, 0.2) is 11.5 Å². The molecule has 0 fully saturated rings. The van der Waals surface area contributed by atoms with E-state index in [4.69, 9.17) is 19.2 Å². The number of ether oxygens (including phenoxy) is 3. The van der Waals surface area contributed by atoms with E-state index in [0.29, 0.717) is 12.2 Å². The van der Waals surface area contributed by atoms with E-state index < -0.39 is 0 Å². The quantitative estimate of drug-likeness (QED) is 0.418. The molecule has 0 saturated heterocycles. The lowest BCUT2D eigenvalue weighted by atomic mass is 9.93. The average molecular weight is 560 g/mol. The lowest BCUT2D eigenvalue weighted by Gasteiger charge is -2.31. The maximum atomic E-state index is 10.6. The molecule has 0 amide bonds. The number of benzene rings is 3. The molecular weight excluding hydrogens is 540 g/mol. The van der Waals surface area contributed by atoms with Gasteiger partial charge in [0.2, 0.25) is 6.79 Å². The van der Waals surface area contributed by atoms with Crippen molar-refractivity contribution in [2.24, 2.45) is 4.99 Å². The molecule has 0 saturated carbocycles. The predicted octanol–water partition coefficient (Wildman–Crippen LogP) is 5.88. The maximum absolute atomic E-state index is 10.6. The molecule has 2 heterocycles. The number of fused-ring (bicyclic) bond motifs is 1. The second-order valence-electron chi connectivity index (χ2n) is 7.56. The second-order valence-corrected chi connectivity index (χ2v) is 9.39. The fraction of sp³-hybridized carbons (Fsp3) is 0.208. The van der Waals surface area contributed by atoms with Gasteiger partial charge in [-0.1, -0.05) is 31.9 Å². The second kappa shape index (κ2) is 8.77. The summed E-state index contributed by atoms with van der Waals surface area (Å²) < 4.78 is 18.5. The Morgan fingerprint density at radius 1 is 0.969 bits per heavy atom. The summed E-state index contributed by atoms with van der Waals surface area (Å²) in [5.74, 6) is 2.41. The van der Waals surface area contributed by atoms with Gasteiger partial charge in [0.05, 0.1) is 7.11 Å². The van der Waals surface area contributed by atoms with Gasteiger partial charge in [-0.05, 0) is 60.2 Å². The van der Waals surface area contributed by atoms with E-state index in [1.165, 1.54) is 0 Å². The number of phenolic OH excluding ortho intramolecular Hbond substituents is 1. The van der Waals surface area contributed by atoms with Crippen LogP contribution in [0, 0.1) is 0 Å². The van der Waals surface area contributed by atoms with Crippen LogP contribution >= 0.6 is 31.9 Å². The van der Waals surface area contributed by atoms with Crippen LogP contribution in [0.3, 0.4) is 0 Å². The molecule has 2 aliphatic rings. The highest BCUT2D eigenvalue weighted by Crippen LogP contribution is 2.40. The van der Waals surface area contributed by atoms with Crippen LogP contribution in [0.15, 0.2) is 68.5 Å². The molecule has 3 aromatic rings. The van der Waals surface area contributed by atoms with Crippen LogP contribution in [0.2, 0.25) is 0 Å². The van der Waals surface area contributed by atoms with Crippen molar-refractivity contribution in [3.63, 3.8) is 0 Å². The van der Waals surface area contributed by atoms with Crippen molar-refractivity contribution in [2.45, 2.75) is 18.6 Å². The Kier molecular flexibility index (Phi) is 5.84. The van der Waals surface area contributed by atoms with Crippen LogP contribution in [0.25, 0.3) is 0 Å². The molecule has 6 nitrogen and oxygen atoms in total. The SMILES string of the molecule is COc1ccc(Br)cc1C1N=C(c2ccc3c(c2)OCO3)CC(c2cc(Br)ccc2O)N1. The van der Waals surface area contributed by atoms with E-state index in [9.17, 15) is 5.11 Å². The normalized spacial score (nSPS) is 19.5. The molecular formula is C24H20Br2N2O4. The minimum atomic E-state index is -0.375. The molecule has 0 spiro atoms. The summed E-state index contributed by atoms with van der Waals surface area (Å²) in [5.41, 5.74) is 3.55. The number of halogens is 2. The number of hydrogen-bond donors (Lipinski definition) is 2. The minimum absolute atomic E-state index is 0.167. The summed E-state index contributed by atoms with van der Waals surface area (Å²) in [4.78, 5) is 5.04. The van der Waals surface area contributed by atoms with Crippen molar-refractivity contribution in [3.8, 4) is 23.0 Å². The van der Waals surface area contributed by atoms with Crippen LogP contribution in [-0.4, -0.2) is 24.7 Å². The van der Waals surface area contributed by atoms with Gasteiger partial charge in [-0.15, -0.1) is 0 Å². The largest absolute Gasteiger partial charge is 0.508 e. The first-order chi connectivity index (χ1) is 15.5. The van der Waals surface area contributed by atoms with Crippen molar-refractivity contribution in [1.82, 2.24) is 5.32 Å². The van der Waals surface area contributed by atoms with Crippen LogP contribution < -0.4 is 19.5 Å². The number of aromatic hydroxyl groups is 1. The van der Waals surface area contributed by atoms with Gasteiger partial charge in [0.25, 0.3) is 0 Å². The number of aliphatic imine (C=N–C) groups is 1. The standard InChI is InChI=1S/C24H20Br2N2O4/c1-30-21-7-4-15(26)10-17(21)24-27-18(13-2-6-22-23(8-13)32-12-31-22)11-19(28-24)16-9-14(25)3-5-20(16)29/h2-10,19,24,28-29H,11-12H2,1H3. The third-order valence-corrected chi connectivity index (χ3v) is 6.59. The van der Waals surface area contributed by atoms with Gasteiger partial charge >= 0.3 is 0 Å². The van der Waals surface area contributed by atoms with Crippen LogP contribution in [0.4, 0.5) is 0 Å². The zero-order valence-electron chi connectivity index (χ0n) is 17.1. The van der Waals surface area contributed by atoms with Gasteiger partial charge in [0.1, 0.15) is 17.7 Å². The molecule has 8 heteroatoms. The predicted molar refractivity (Wildman–Crippen MR) is 129 cm³/mol. The van der Waals surface area contributed by atoms with E-state index in [1.54, 1.807) is 13.2 Å². The van der Waals surface area contributed by atoms with Crippen molar-refractivity contribution >= 4 is 37.6 Å². The lowest BCUT2D eigenvalue weighted by molar-refractivity contribution is 0.174. The van der Waals surface area contributed by atoms with E-state index in [1.807, 2.05) is 48.5 Å².